The summed E-state index contributed by atoms with van der Waals surface area (Å²) >= 11 is 0. The zero-order valence-corrected chi connectivity index (χ0v) is 7.57. The van der Waals surface area contributed by atoms with Crippen molar-refractivity contribution in [1.29, 1.82) is 0 Å². The minimum Gasteiger partial charge on any atom is -0.391 e. The lowest BCUT2D eigenvalue weighted by Gasteiger charge is -2.17. The van der Waals surface area contributed by atoms with Gasteiger partial charge in [-0.2, -0.15) is 0 Å². The first-order valence-corrected chi connectivity index (χ1v) is 4.34. The van der Waals surface area contributed by atoms with Crippen molar-refractivity contribution in [2.75, 3.05) is 0 Å². The number of halogens is 1. The van der Waals surface area contributed by atoms with E-state index in [1.165, 1.54) is 12.1 Å². The first-order chi connectivity index (χ1) is 6.15. The van der Waals surface area contributed by atoms with Gasteiger partial charge in [0.15, 0.2) is 0 Å². The Kier molecular flexibility index (Phi) is 3.39. The van der Waals surface area contributed by atoms with Gasteiger partial charge in [-0.1, -0.05) is 19.1 Å². The molecule has 2 nitrogen and oxygen atoms in total. The van der Waals surface area contributed by atoms with Crippen molar-refractivity contribution in [1.82, 2.24) is 0 Å². The third-order valence-corrected chi connectivity index (χ3v) is 2.07. The summed E-state index contributed by atoms with van der Waals surface area (Å²) in [4.78, 5) is 0. The Labute approximate surface area is 77.2 Å². The first kappa shape index (κ1) is 10.2. The molecule has 13 heavy (non-hydrogen) atoms. The third-order valence-electron chi connectivity index (χ3n) is 2.07. The highest BCUT2D eigenvalue weighted by Gasteiger charge is 2.14. The van der Waals surface area contributed by atoms with Gasteiger partial charge in [0.25, 0.3) is 0 Å². The second-order valence-corrected chi connectivity index (χ2v) is 3.06. The Balaban J connectivity index is 2.82. The van der Waals surface area contributed by atoms with Crippen LogP contribution in [-0.4, -0.2) is 11.2 Å². The molecule has 72 valence electrons. The van der Waals surface area contributed by atoms with Crippen LogP contribution >= 0.6 is 0 Å². The highest BCUT2D eigenvalue weighted by Crippen LogP contribution is 2.16. The molecule has 2 atom stereocenters. The van der Waals surface area contributed by atoms with Crippen LogP contribution in [0.5, 0.6) is 0 Å². The molecule has 1 aromatic rings. The Bertz CT molecular complexity index is 277. The van der Waals surface area contributed by atoms with Crippen LogP contribution in [0, 0.1) is 5.82 Å². The van der Waals surface area contributed by atoms with Crippen molar-refractivity contribution >= 4 is 0 Å². The van der Waals surface area contributed by atoms with Gasteiger partial charge in [-0.15, -0.1) is 0 Å². The summed E-state index contributed by atoms with van der Waals surface area (Å²) in [6.07, 6.45) is -0.0423. The van der Waals surface area contributed by atoms with Crippen LogP contribution in [0.25, 0.3) is 0 Å². The number of nitrogens with two attached hydrogens (primary N) is 1. The van der Waals surface area contributed by atoms with Gasteiger partial charge in [0.2, 0.25) is 0 Å². The van der Waals surface area contributed by atoms with Crippen molar-refractivity contribution in [2.45, 2.75) is 25.5 Å². The van der Waals surface area contributed by atoms with E-state index in [4.69, 9.17) is 5.73 Å². The summed E-state index contributed by atoms with van der Waals surface area (Å²) in [5.41, 5.74) is 6.33. The topological polar surface area (TPSA) is 46.2 Å². The fourth-order valence-electron chi connectivity index (χ4n) is 1.19. The molecule has 3 heteroatoms. The maximum Gasteiger partial charge on any atom is 0.123 e. The minimum absolute atomic E-state index is 0.323. The number of hydrogen-bond donors (Lipinski definition) is 2. The van der Waals surface area contributed by atoms with Gasteiger partial charge in [-0.3, -0.25) is 0 Å². The molecule has 0 aliphatic heterocycles. The molecule has 0 radical (unpaired) electrons. The maximum atomic E-state index is 12.8. The fourth-order valence-corrected chi connectivity index (χ4v) is 1.19. The molecule has 0 aromatic heterocycles. The Morgan fingerprint density at radius 3 is 2.77 bits per heavy atom. The molecule has 1 aromatic carbocycles. The number of benzene rings is 1. The molecule has 0 saturated heterocycles. The molecule has 0 heterocycles. The molecular weight excluding hydrogens is 169 g/mol. The van der Waals surface area contributed by atoms with E-state index < -0.39 is 12.1 Å². The van der Waals surface area contributed by atoms with Gasteiger partial charge >= 0.3 is 0 Å². The average Bonchev–Trinajstić information content (AvgIpc) is 2.15. The van der Waals surface area contributed by atoms with Crippen molar-refractivity contribution in [3.63, 3.8) is 0 Å². The van der Waals surface area contributed by atoms with E-state index in [-0.39, 0.29) is 5.82 Å². The first-order valence-electron chi connectivity index (χ1n) is 4.34. The molecule has 0 fully saturated rings. The van der Waals surface area contributed by atoms with Crippen LogP contribution < -0.4 is 5.73 Å². The normalized spacial score (nSPS) is 15.4. The van der Waals surface area contributed by atoms with E-state index in [1.54, 1.807) is 12.1 Å². The van der Waals surface area contributed by atoms with Crippen molar-refractivity contribution in [3.8, 4) is 0 Å². The van der Waals surface area contributed by atoms with Gasteiger partial charge in [0.1, 0.15) is 5.82 Å². The van der Waals surface area contributed by atoms with Crippen LogP contribution in [0.15, 0.2) is 24.3 Å². The smallest absolute Gasteiger partial charge is 0.123 e. The van der Waals surface area contributed by atoms with Crippen molar-refractivity contribution in [3.05, 3.63) is 35.6 Å². The SMILES string of the molecule is CC[C@H](O)[C@H](N)c1cccc(F)c1. The zero-order chi connectivity index (χ0) is 9.84. The van der Waals surface area contributed by atoms with Gasteiger partial charge in [-0.05, 0) is 24.1 Å². The number of aliphatic hydroxyl groups is 1. The Morgan fingerprint density at radius 1 is 1.54 bits per heavy atom. The summed E-state index contributed by atoms with van der Waals surface area (Å²) < 4.78 is 12.8. The lowest BCUT2D eigenvalue weighted by Crippen LogP contribution is -2.25. The quantitative estimate of drug-likeness (QED) is 0.747. The predicted molar refractivity (Wildman–Crippen MR) is 49.6 cm³/mol. The standard InChI is InChI=1S/C10H14FNO/c1-2-9(13)10(12)7-4-3-5-8(11)6-7/h3-6,9-10,13H,2,12H2,1H3/t9-,10+/m0/s1. The highest BCUT2D eigenvalue weighted by atomic mass is 19.1. The molecule has 0 amide bonds. The Hall–Kier alpha value is -0.930. The lowest BCUT2D eigenvalue weighted by molar-refractivity contribution is 0.140. The van der Waals surface area contributed by atoms with Gasteiger partial charge in [-0.25, -0.2) is 4.39 Å². The summed E-state index contributed by atoms with van der Waals surface area (Å²) in [7, 11) is 0. The second-order valence-electron chi connectivity index (χ2n) is 3.06. The van der Waals surface area contributed by atoms with E-state index in [9.17, 15) is 9.50 Å². The van der Waals surface area contributed by atoms with Crippen LogP contribution in [0.4, 0.5) is 4.39 Å². The van der Waals surface area contributed by atoms with E-state index in [1.807, 2.05) is 6.92 Å². The van der Waals surface area contributed by atoms with E-state index in [0.29, 0.717) is 12.0 Å². The lowest BCUT2D eigenvalue weighted by atomic mass is 10.0. The monoisotopic (exact) mass is 183 g/mol. The second kappa shape index (κ2) is 4.35. The zero-order valence-electron chi connectivity index (χ0n) is 7.57. The van der Waals surface area contributed by atoms with Gasteiger partial charge in [0, 0.05) is 0 Å². The predicted octanol–water partition coefficient (Wildman–Crippen LogP) is 1.60. The molecule has 0 bridgehead atoms. The molecule has 0 aliphatic rings. The van der Waals surface area contributed by atoms with E-state index >= 15 is 0 Å². The molecule has 0 unspecified atom stereocenters. The van der Waals surface area contributed by atoms with Crippen LogP contribution in [0.3, 0.4) is 0 Å². The fraction of sp³-hybridized carbons (Fsp3) is 0.400. The minimum atomic E-state index is -0.609. The van der Waals surface area contributed by atoms with Gasteiger partial charge in [0.05, 0.1) is 12.1 Å². The largest absolute Gasteiger partial charge is 0.391 e. The van der Waals surface area contributed by atoms with Crippen LogP contribution in [0.1, 0.15) is 24.9 Å². The molecular formula is C10H14FNO. The molecule has 3 N–H and O–H groups in total. The van der Waals surface area contributed by atoms with Crippen LogP contribution in [-0.2, 0) is 0 Å². The summed E-state index contributed by atoms with van der Waals surface area (Å²) in [5, 5.41) is 9.42. The van der Waals surface area contributed by atoms with Crippen LogP contribution in [0.2, 0.25) is 0 Å². The summed E-state index contributed by atoms with van der Waals surface area (Å²) in [6.45, 7) is 1.84. The summed E-state index contributed by atoms with van der Waals surface area (Å²) in [6, 6.07) is 5.51. The maximum absolute atomic E-state index is 12.8. The summed E-state index contributed by atoms with van der Waals surface area (Å²) in [5.74, 6) is -0.323. The van der Waals surface area contributed by atoms with E-state index in [2.05, 4.69) is 0 Å². The molecule has 0 aliphatic carbocycles. The number of aliphatic hydroxyl groups excluding tert-OH is 1. The van der Waals surface area contributed by atoms with E-state index in [0.717, 1.165) is 0 Å². The van der Waals surface area contributed by atoms with Crippen molar-refractivity contribution < 1.29 is 9.50 Å². The van der Waals surface area contributed by atoms with Gasteiger partial charge < -0.3 is 10.8 Å². The third kappa shape index (κ3) is 2.50. The number of rotatable bonds is 3. The molecule has 0 saturated carbocycles. The molecule has 0 spiro atoms. The highest BCUT2D eigenvalue weighted by molar-refractivity contribution is 5.20. The molecule has 1 rings (SSSR count). The van der Waals surface area contributed by atoms with Crippen molar-refractivity contribution in [2.24, 2.45) is 5.73 Å². The average molecular weight is 183 g/mol. The Morgan fingerprint density at radius 2 is 2.23 bits per heavy atom. The number of hydrogen-bond acceptors (Lipinski definition) is 2.